The second-order valence-electron chi connectivity index (χ2n) is 0. The molecule has 2 radical (unpaired) electrons. The number of rotatable bonds is 0. The van der Waals surface area contributed by atoms with E-state index in [1.807, 2.05) is 0 Å². The molecule has 0 unspecified atom stereocenters. The molecule has 4 heavy (non-hydrogen) atoms. The Kier molecular flexibility index (Phi) is 71.8. The summed E-state index contributed by atoms with van der Waals surface area (Å²) in [5.41, 5.74) is 0. The Morgan fingerprint density at radius 2 is 1.25 bits per heavy atom. The van der Waals surface area contributed by atoms with Gasteiger partial charge in [-0.2, -0.15) is 0 Å². The van der Waals surface area contributed by atoms with Crippen LogP contribution in [0.15, 0.2) is 0 Å². The van der Waals surface area contributed by atoms with Crippen LogP contribution in [-0.2, 0) is 0 Å². The van der Waals surface area contributed by atoms with Crippen molar-refractivity contribution in [3.8, 4) is 0 Å². The molecule has 0 fully saturated rings. The van der Waals surface area contributed by atoms with E-state index in [0.29, 0.717) is 0 Å². The third kappa shape index (κ3) is 8.82. The Hall–Kier alpha value is 2.48. The Morgan fingerprint density at radius 1 is 1.25 bits per heavy atom. The van der Waals surface area contributed by atoms with Gasteiger partial charge in [-0.15, -0.1) is 0 Å². The number of hydrogen-bond acceptors (Lipinski definition) is 0. The Labute approximate surface area is 72.4 Å². The maximum absolute atomic E-state index is 1.47. The molecule has 0 bridgehead atoms. The average molecular weight is 439 g/mol. The van der Waals surface area contributed by atoms with Gasteiger partial charge in [-0.3, -0.25) is 0 Å². The van der Waals surface area contributed by atoms with E-state index in [0.717, 1.165) is 0 Å². The van der Waals surface area contributed by atoms with Gasteiger partial charge in [0, 0.05) is 0 Å². The van der Waals surface area contributed by atoms with Crippen molar-refractivity contribution >= 4 is 73.6 Å². The van der Waals surface area contributed by atoms with E-state index in [-0.39, 0.29) is 41.5 Å². The predicted octanol–water partition coefficient (Wildman–Crippen LogP) is -4.74. The van der Waals surface area contributed by atoms with Gasteiger partial charge < -0.3 is 0 Å². The van der Waals surface area contributed by atoms with Crippen LogP contribution in [0.25, 0.3) is 0 Å². The zero-order valence-corrected chi connectivity index (χ0v) is 8.07. The monoisotopic (exact) mass is 442 g/mol. The first-order valence-corrected chi connectivity index (χ1v) is 15.2. The van der Waals surface area contributed by atoms with Crippen LogP contribution in [-0.4, -0.2) is 73.6 Å². The van der Waals surface area contributed by atoms with Crippen molar-refractivity contribution in [3.05, 3.63) is 0 Å². The Balaban J connectivity index is -0.00000000500. The van der Waals surface area contributed by atoms with Gasteiger partial charge in [-0.25, -0.2) is 0 Å². The molecule has 0 aromatic carbocycles. The summed E-state index contributed by atoms with van der Waals surface area (Å²) in [7, 11) is 1.47. The second kappa shape index (κ2) is 17.9. The molecular formula is H12GePbSiSn. The zero-order valence-electron chi connectivity index (χ0n) is 1.58. The first kappa shape index (κ1) is 16.1. The molecular weight excluding hydrogens is 427 g/mol. The molecule has 0 aromatic rings. The van der Waals surface area contributed by atoms with Crippen molar-refractivity contribution in [2.24, 2.45) is 0 Å². The van der Waals surface area contributed by atoms with Crippen LogP contribution in [0.3, 0.4) is 0 Å². The third-order valence-electron chi connectivity index (χ3n) is 0. The van der Waals surface area contributed by atoms with Gasteiger partial charge in [0.05, 0.1) is 0 Å². The molecule has 0 saturated heterocycles. The molecule has 0 atom stereocenters. The van der Waals surface area contributed by atoms with Crippen LogP contribution >= 0.6 is 0 Å². The topological polar surface area (TPSA) is 0 Å². The van der Waals surface area contributed by atoms with E-state index in [1.54, 1.807) is 0 Å². The fourth-order valence-electron chi connectivity index (χ4n) is 0. The van der Waals surface area contributed by atoms with Crippen LogP contribution in [0.2, 0.25) is 0 Å². The minimum absolute atomic E-state index is 0. The van der Waals surface area contributed by atoms with E-state index in [2.05, 4.69) is 0 Å². The second-order valence-corrected chi connectivity index (χ2v) is 0. The van der Waals surface area contributed by atoms with E-state index in [1.165, 1.54) is 32.1 Å². The summed E-state index contributed by atoms with van der Waals surface area (Å²) >= 11 is 1.31. The summed E-state index contributed by atoms with van der Waals surface area (Å²) in [5, 5.41) is 0. The van der Waals surface area contributed by atoms with E-state index < -0.39 is 0 Å². The van der Waals surface area contributed by atoms with Gasteiger partial charge >= 0.3 is 73.6 Å². The summed E-state index contributed by atoms with van der Waals surface area (Å²) in [6.45, 7) is 0. The standard InChI is InChI=1S/GeH4.Pb.H3Si.Sn.5H/h1H4;;1H3;;;;;;. The van der Waals surface area contributed by atoms with Gasteiger partial charge in [0.2, 0.25) is 0 Å². The molecule has 0 heterocycles. The molecule has 0 amide bonds. The van der Waals surface area contributed by atoms with Gasteiger partial charge in [0.15, 0.2) is 0 Å². The van der Waals surface area contributed by atoms with E-state index in [9.17, 15) is 0 Å². The van der Waals surface area contributed by atoms with Crippen LogP contribution in [0.5, 0.6) is 0 Å². The van der Waals surface area contributed by atoms with Gasteiger partial charge in [-0.05, 0) is 0 Å². The van der Waals surface area contributed by atoms with Crippen LogP contribution in [0.4, 0.5) is 0 Å². The summed E-state index contributed by atoms with van der Waals surface area (Å²) in [4.78, 5) is 0. The quantitative estimate of drug-likeness (QED) is 0.334. The van der Waals surface area contributed by atoms with Gasteiger partial charge in [0.25, 0.3) is 0 Å². The van der Waals surface area contributed by atoms with Gasteiger partial charge in [-0.1, -0.05) is 0 Å². The molecule has 4 heteroatoms. The summed E-state index contributed by atoms with van der Waals surface area (Å²) in [6, 6.07) is 0. The predicted molar refractivity (Wildman–Crippen MR) is 39.8 cm³/mol. The van der Waals surface area contributed by atoms with Crippen molar-refractivity contribution in [3.63, 3.8) is 0 Å². The average Bonchev–Trinajstić information content (AvgIpc) is 1.00. The maximum atomic E-state index is 1.47. The van der Waals surface area contributed by atoms with Crippen molar-refractivity contribution in [2.75, 3.05) is 0 Å². The zero-order chi connectivity index (χ0) is 2.00. The van der Waals surface area contributed by atoms with Crippen LogP contribution in [0.1, 0.15) is 0 Å². The molecule has 0 saturated carbocycles. The summed E-state index contributed by atoms with van der Waals surface area (Å²) < 4.78 is 0. The first-order chi connectivity index (χ1) is 1.00. The minimum atomic E-state index is 0. The Bertz CT molecular complexity index is 8.00. The van der Waals surface area contributed by atoms with Crippen molar-refractivity contribution in [2.45, 2.75) is 0 Å². The summed E-state index contributed by atoms with van der Waals surface area (Å²) in [6.07, 6.45) is 0. The molecule has 0 nitrogen and oxygen atoms in total. The fourth-order valence-corrected chi connectivity index (χ4v) is 0. The molecule has 0 spiro atoms. The molecule has 0 aliphatic rings. The molecule has 28 valence electrons. The molecule has 0 aromatic heterocycles. The number of hydrogen-bond donors (Lipinski definition) is 0. The molecule has 0 rings (SSSR count). The van der Waals surface area contributed by atoms with Gasteiger partial charge in [0.1, 0.15) is 0 Å². The normalized spacial score (nSPS) is 2.25. The SMILES string of the molecule is [GeH4].[SiH3][PbH].[SnH4]. The van der Waals surface area contributed by atoms with Crippen molar-refractivity contribution in [1.82, 2.24) is 0 Å². The first-order valence-electron chi connectivity index (χ1n) is 0.577. The third-order valence-corrected chi connectivity index (χ3v) is 0. The summed E-state index contributed by atoms with van der Waals surface area (Å²) in [5.74, 6) is 0. The Morgan fingerprint density at radius 3 is 1.25 bits per heavy atom. The molecule has 0 aliphatic carbocycles. The fraction of sp³-hybridized carbons (Fsp3) is 0. The van der Waals surface area contributed by atoms with Crippen LogP contribution in [0, 0.1) is 0 Å². The van der Waals surface area contributed by atoms with E-state index in [4.69, 9.17) is 0 Å². The van der Waals surface area contributed by atoms with Crippen molar-refractivity contribution < 1.29 is 0 Å². The van der Waals surface area contributed by atoms with E-state index >= 15 is 0 Å². The molecule has 0 aliphatic heterocycles. The van der Waals surface area contributed by atoms with Crippen LogP contribution < -0.4 is 0 Å². The molecule has 0 N–H and O–H groups in total. The van der Waals surface area contributed by atoms with Crippen molar-refractivity contribution in [1.29, 1.82) is 0 Å².